The average Bonchev–Trinajstić information content (AvgIpc) is 3.24. The summed E-state index contributed by atoms with van der Waals surface area (Å²) in [5.41, 5.74) is 6.85. The zero-order chi connectivity index (χ0) is 14.2. The summed E-state index contributed by atoms with van der Waals surface area (Å²) < 4.78 is 1.88. The standard InChI is InChI=1S/C13H13N7S/c14-12-9-3-1-2-4-10(9)15-11(16-12)7-21-13-17-18-19-20(13)8-5-6-8/h1-4,8H,5-7H2,(H2,14,15,16). The maximum absolute atomic E-state index is 5.99. The molecule has 2 heterocycles. The van der Waals surface area contributed by atoms with E-state index in [0.29, 0.717) is 23.4 Å². The lowest BCUT2D eigenvalue weighted by molar-refractivity contribution is 0.565. The van der Waals surface area contributed by atoms with Crippen LogP contribution in [0.4, 0.5) is 5.82 Å². The molecule has 1 aliphatic carbocycles. The van der Waals surface area contributed by atoms with Crippen molar-refractivity contribution in [3.63, 3.8) is 0 Å². The number of benzene rings is 1. The Morgan fingerprint density at radius 2 is 2.10 bits per heavy atom. The molecule has 0 spiro atoms. The van der Waals surface area contributed by atoms with Crippen LogP contribution in [0.25, 0.3) is 10.9 Å². The van der Waals surface area contributed by atoms with Crippen LogP contribution in [0.15, 0.2) is 29.4 Å². The van der Waals surface area contributed by atoms with Crippen molar-refractivity contribution in [1.82, 2.24) is 30.2 Å². The van der Waals surface area contributed by atoms with E-state index in [1.165, 1.54) is 11.8 Å². The molecule has 0 atom stereocenters. The van der Waals surface area contributed by atoms with Crippen LogP contribution >= 0.6 is 11.8 Å². The van der Waals surface area contributed by atoms with E-state index >= 15 is 0 Å². The smallest absolute Gasteiger partial charge is 0.210 e. The highest BCUT2D eigenvalue weighted by molar-refractivity contribution is 7.98. The molecular weight excluding hydrogens is 286 g/mol. The van der Waals surface area contributed by atoms with Gasteiger partial charge < -0.3 is 5.73 Å². The molecule has 1 aliphatic rings. The van der Waals surface area contributed by atoms with E-state index in [1.54, 1.807) is 0 Å². The first kappa shape index (κ1) is 12.5. The summed E-state index contributed by atoms with van der Waals surface area (Å²) in [7, 11) is 0. The number of aromatic nitrogens is 6. The molecule has 2 N–H and O–H groups in total. The molecule has 106 valence electrons. The van der Waals surface area contributed by atoms with Gasteiger partial charge in [0.1, 0.15) is 11.6 Å². The van der Waals surface area contributed by atoms with Crippen molar-refractivity contribution in [3.8, 4) is 0 Å². The lowest BCUT2D eigenvalue weighted by atomic mass is 10.2. The minimum atomic E-state index is 0.463. The molecule has 1 saturated carbocycles. The van der Waals surface area contributed by atoms with Gasteiger partial charge in [0, 0.05) is 5.39 Å². The zero-order valence-electron chi connectivity index (χ0n) is 11.2. The summed E-state index contributed by atoms with van der Waals surface area (Å²) in [6, 6.07) is 8.20. The third-order valence-corrected chi connectivity index (χ3v) is 4.29. The summed E-state index contributed by atoms with van der Waals surface area (Å²) in [4.78, 5) is 8.89. The third kappa shape index (κ3) is 2.42. The predicted molar refractivity (Wildman–Crippen MR) is 79.6 cm³/mol. The first-order chi connectivity index (χ1) is 10.3. The van der Waals surface area contributed by atoms with E-state index in [0.717, 1.165) is 28.9 Å². The summed E-state index contributed by atoms with van der Waals surface area (Å²) in [6.45, 7) is 0. The fourth-order valence-electron chi connectivity index (χ4n) is 2.17. The topological polar surface area (TPSA) is 95.4 Å². The van der Waals surface area contributed by atoms with Crippen LogP contribution in [-0.4, -0.2) is 30.2 Å². The molecule has 0 unspecified atom stereocenters. The molecule has 1 aromatic carbocycles. The highest BCUT2D eigenvalue weighted by atomic mass is 32.2. The minimum Gasteiger partial charge on any atom is -0.383 e. The average molecular weight is 299 g/mol. The SMILES string of the molecule is Nc1nc(CSc2nnnn2C2CC2)nc2ccccc12. The lowest BCUT2D eigenvalue weighted by Crippen LogP contribution is -2.02. The normalized spacial score (nSPS) is 14.7. The molecule has 3 aromatic rings. The van der Waals surface area contributed by atoms with E-state index < -0.39 is 0 Å². The van der Waals surface area contributed by atoms with Gasteiger partial charge in [-0.1, -0.05) is 23.9 Å². The number of nitrogens with two attached hydrogens (primary N) is 1. The summed E-state index contributed by atoms with van der Waals surface area (Å²) in [5, 5.41) is 13.5. The van der Waals surface area contributed by atoms with Crippen LogP contribution in [0.5, 0.6) is 0 Å². The van der Waals surface area contributed by atoms with Gasteiger partial charge in [-0.05, 0) is 35.4 Å². The van der Waals surface area contributed by atoms with E-state index in [-0.39, 0.29) is 0 Å². The molecule has 0 bridgehead atoms. The van der Waals surface area contributed by atoms with Crippen molar-refractivity contribution in [3.05, 3.63) is 30.1 Å². The molecule has 0 aliphatic heterocycles. The van der Waals surface area contributed by atoms with E-state index in [9.17, 15) is 0 Å². The van der Waals surface area contributed by atoms with Crippen molar-refractivity contribution in [2.24, 2.45) is 0 Å². The molecule has 7 nitrogen and oxygen atoms in total. The second kappa shape index (κ2) is 4.96. The number of hydrogen-bond acceptors (Lipinski definition) is 7. The Kier molecular flexibility index (Phi) is 2.95. The maximum atomic E-state index is 5.99. The first-order valence-corrected chi connectivity index (χ1v) is 7.71. The van der Waals surface area contributed by atoms with Crippen molar-refractivity contribution in [1.29, 1.82) is 0 Å². The molecule has 0 amide bonds. The highest BCUT2D eigenvalue weighted by Gasteiger charge is 2.27. The van der Waals surface area contributed by atoms with Crippen LogP contribution in [0, 0.1) is 0 Å². The number of hydrogen-bond donors (Lipinski definition) is 1. The molecule has 1 fully saturated rings. The van der Waals surface area contributed by atoms with Crippen LogP contribution in [0.2, 0.25) is 0 Å². The molecular formula is C13H13N7S. The Morgan fingerprint density at radius 3 is 2.95 bits per heavy atom. The number of anilines is 1. The van der Waals surface area contributed by atoms with Crippen LogP contribution in [0.1, 0.15) is 24.7 Å². The first-order valence-electron chi connectivity index (χ1n) is 6.73. The van der Waals surface area contributed by atoms with E-state index in [2.05, 4.69) is 25.5 Å². The Balaban J connectivity index is 1.58. The van der Waals surface area contributed by atoms with Crippen molar-refractivity contribution >= 4 is 28.5 Å². The van der Waals surface area contributed by atoms with Crippen LogP contribution < -0.4 is 5.73 Å². The van der Waals surface area contributed by atoms with Gasteiger partial charge in [0.25, 0.3) is 0 Å². The van der Waals surface area contributed by atoms with Crippen molar-refractivity contribution in [2.75, 3.05) is 5.73 Å². The zero-order valence-corrected chi connectivity index (χ0v) is 12.0. The van der Waals surface area contributed by atoms with Gasteiger partial charge in [-0.25, -0.2) is 14.6 Å². The van der Waals surface area contributed by atoms with Gasteiger partial charge in [0.2, 0.25) is 5.16 Å². The second-order valence-corrected chi connectivity index (χ2v) is 5.91. The van der Waals surface area contributed by atoms with Gasteiger partial charge in [-0.2, -0.15) is 0 Å². The fraction of sp³-hybridized carbons (Fsp3) is 0.308. The Bertz CT molecular complexity index is 796. The summed E-state index contributed by atoms with van der Waals surface area (Å²) in [5.74, 6) is 1.81. The largest absolute Gasteiger partial charge is 0.383 e. The van der Waals surface area contributed by atoms with E-state index in [4.69, 9.17) is 5.73 Å². The Hall–Kier alpha value is -2.22. The number of para-hydroxylation sites is 1. The molecule has 8 heteroatoms. The van der Waals surface area contributed by atoms with Gasteiger partial charge >= 0.3 is 0 Å². The molecule has 4 rings (SSSR count). The van der Waals surface area contributed by atoms with Gasteiger partial charge in [-0.3, -0.25) is 0 Å². The fourth-order valence-corrected chi connectivity index (χ4v) is 2.97. The minimum absolute atomic E-state index is 0.463. The van der Waals surface area contributed by atoms with Crippen LogP contribution in [0.3, 0.4) is 0 Å². The maximum Gasteiger partial charge on any atom is 0.210 e. The highest BCUT2D eigenvalue weighted by Crippen LogP contribution is 2.36. The van der Waals surface area contributed by atoms with Crippen molar-refractivity contribution < 1.29 is 0 Å². The van der Waals surface area contributed by atoms with E-state index in [1.807, 2.05) is 28.9 Å². The third-order valence-electron chi connectivity index (χ3n) is 3.36. The predicted octanol–water partition coefficient (Wildman–Crippen LogP) is 1.83. The lowest BCUT2D eigenvalue weighted by Gasteiger charge is -2.05. The molecule has 2 aromatic heterocycles. The summed E-state index contributed by atoms with van der Waals surface area (Å²) >= 11 is 1.54. The van der Waals surface area contributed by atoms with Crippen molar-refractivity contribution in [2.45, 2.75) is 29.8 Å². The molecule has 21 heavy (non-hydrogen) atoms. The number of fused-ring (bicyclic) bond motifs is 1. The second-order valence-electron chi connectivity index (χ2n) is 4.97. The van der Waals surface area contributed by atoms with Gasteiger partial charge in [-0.15, -0.1) is 5.10 Å². The quantitative estimate of drug-likeness (QED) is 0.734. The molecule has 0 radical (unpaired) electrons. The summed E-state index contributed by atoms with van der Waals surface area (Å²) in [6.07, 6.45) is 2.30. The number of tetrazole rings is 1. The van der Waals surface area contributed by atoms with Gasteiger partial charge in [0.05, 0.1) is 17.3 Å². The van der Waals surface area contributed by atoms with Gasteiger partial charge in [0.15, 0.2) is 0 Å². The number of thioether (sulfide) groups is 1. The Morgan fingerprint density at radius 1 is 1.24 bits per heavy atom. The monoisotopic (exact) mass is 299 g/mol. The Labute approximate surface area is 125 Å². The van der Waals surface area contributed by atoms with Crippen LogP contribution in [-0.2, 0) is 5.75 Å². The number of rotatable bonds is 4. The number of nitrogen functional groups attached to an aromatic ring is 1. The number of nitrogens with zero attached hydrogens (tertiary/aromatic N) is 6. The molecule has 0 saturated heterocycles.